The number of ether oxygens (including phenoxy) is 1. The van der Waals surface area contributed by atoms with E-state index < -0.39 is 0 Å². The van der Waals surface area contributed by atoms with E-state index in [0.29, 0.717) is 11.3 Å². The van der Waals surface area contributed by atoms with Crippen molar-refractivity contribution in [2.45, 2.75) is 95.0 Å². The molecule has 9 atom stereocenters. The Labute approximate surface area is 139 Å². The van der Waals surface area contributed by atoms with Gasteiger partial charge in [0.05, 0.1) is 12.2 Å². The molecule has 0 spiro atoms. The average Bonchev–Trinajstić information content (AvgIpc) is 3.05. The molecule has 2 N–H and O–H groups in total. The highest BCUT2D eigenvalue weighted by molar-refractivity contribution is 5.26. The zero-order chi connectivity index (χ0) is 16.0. The van der Waals surface area contributed by atoms with E-state index in [1.165, 1.54) is 32.1 Å². The molecule has 1 saturated heterocycles. The lowest BCUT2D eigenvalue weighted by Gasteiger charge is -2.54. The van der Waals surface area contributed by atoms with Crippen LogP contribution >= 0.6 is 0 Å². The molecule has 1 unspecified atom stereocenters. The first kappa shape index (κ1) is 15.2. The second-order valence-corrected chi connectivity index (χ2v) is 9.77. The maximum atomic E-state index is 10.3. The smallest absolute Gasteiger partial charge is 0.101 e. The molecular formula is C20H32O3. The summed E-state index contributed by atoms with van der Waals surface area (Å²) in [5, 5.41) is 20.4. The average molecular weight is 320 g/mol. The summed E-state index contributed by atoms with van der Waals surface area (Å²) in [5.74, 6) is 2.79. The van der Waals surface area contributed by atoms with Gasteiger partial charge in [0.25, 0.3) is 0 Å². The van der Waals surface area contributed by atoms with Crippen LogP contribution in [0.2, 0.25) is 0 Å². The van der Waals surface area contributed by atoms with Crippen LogP contribution in [0, 0.1) is 29.1 Å². The minimum Gasteiger partial charge on any atom is -0.393 e. The topological polar surface area (TPSA) is 53.0 Å². The van der Waals surface area contributed by atoms with Gasteiger partial charge >= 0.3 is 0 Å². The number of rotatable bonds is 1. The molecular weight excluding hydrogens is 288 g/mol. The summed E-state index contributed by atoms with van der Waals surface area (Å²) in [6, 6.07) is 0. The first-order valence-corrected chi connectivity index (χ1v) is 9.98. The van der Waals surface area contributed by atoms with Gasteiger partial charge in [-0.1, -0.05) is 6.92 Å². The first-order valence-electron chi connectivity index (χ1n) is 9.98. The maximum Gasteiger partial charge on any atom is 0.101 e. The molecule has 5 aliphatic rings. The van der Waals surface area contributed by atoms with Gasteiger partial charge in [-0.2, -0.15) is 0 Å². The lowest BCUT2D eigenvalue weighted by atomic mass is 9.49. The van der Waals surface area contributed by atoms with E-state index in [1.807, 2.05) is 6.92 Å². The van der Waals surface area contributed by atoms with Crippen molar-refractivity contribution in [1.82, 2.24) is 0 Å². The molecule has 5 fully saturated rings. The van der Waals surface area contributed by atoms with Crippen molar-refractivity contribution < 1.29 is 14.9 Å². The Morgan fingerprint density at radius 1 is 1.00 bits per heavy atom. The summed E-state index contributed by atoms with van der Waals surface area (Å²) in [7, 11) is 0. The van der Waals surface area contributed by atoms with Gasteiger partial charge in [-0.25, -0.2) is 0 Å². The van der Waals surface area contributed by atoms with E-state index in [4.69, 9.17) is 4.74 Å². The molecule has 0 aromatic rings. The van der Waals surface area contributed by atoms with Gasteiger partial charge in [-0.05, 0) is 87.4 Å². The second kappa shape index (κ2) is 4.53. The fourth-order valence-electron chi connectivity index (χ4n) is 8.15. The van der Waals surface area contributed by atoms with Crippen molar-refractivity contribution in [3.05, 3.63) is 0 Å². The van der Waals surface area contributed by atoms with Crippen molar-refractivity contribution in [3.8, 4) is 0 Å². The lowest BCUT2D eigenvalue weighted by molar-refractivity contribution is -0.0629. The Morgan fingerprint density at radius 3 is 2.61 bits per heavy atom. The quantitative estimate of drug-likeness (QED) is 0.729. The van der Waals surface area contributed by atoms with Crippen LogP contribution in [0.4, 0.5) is 0 Å². The van der Waals surface area contributed by atoms with Gasteiger partial charge in [-0.3, -0.25) is 0 Å². The maximum absolute atomic E-state index is 10.3. The zero-order valence-electron chi connectivity index (χ0n) is 14.6. The van der Waals surface area contributed by atoms with Crippen LogP contribution in [0.1, 0.15) is 71.6 Å². The van der Waals surface area contributed by atoms with Gasteiger partial charge in [0.15, 0.2) is 0 Å². The fourth-order valence-corrected chi connectivity index (χ4v) is 8.15. The molecule has 130 valence electrons. The van der Waals surface area contributed by atoms with Crippen molar-refractivity contribution in [1.29, 1.82) is 0 Å². The molecule has 4 saturated carbocycles. The predicted octanol–water partition coefficient (Wildman–Crippen LogP) is 3.27. The normalized spacial score (nSPS) is 61.8. The molecule has 23 heavy (non-hydrogen) atoms. The Morgan fingerprint density at radius 2 is 1.83 bits per heavy atom. The van der Waals surface area contributed by atoms with Crippen LogP contribution in [-0.4, -0.2) is 33.6 Å². The standard InChI is InChI=1S/C20H32O3/c1-12(21)15-3-4-16-14-6-9-19-11-13(22)5-10-20(19,23-19)17(14)7-8-18(15,16)2/h12-17,21-22H,3-11H2,1-2H3/t12?,13-,14-,15+,16-,17-,18+,19+,20+/m0/s1. The van der Waals surface area contributed by atoms with Crippen LogP contribution in [0.5, 0.6) is 0 Å². The van der Waals surface area contributed by atoms with E-state index in [9.17, 15) is 10.2 Å². The number of hydrogen-bond acceptors (Lipinski definition) is 3. The zero-order valence-corrected chi connectivity index (χ0v) is 14.6. The van der Waals surface area contributed by atoms with Crippen LogP contribution in [0.25, 0.3) is 0 Å². The number of fused-ring (bicyclic) bond motifs is 3. The fraction of sp³-hybridized carbons (Fsp3) is 1.00. The molecule has 1 heterocycles. The van der Waals surface area contributed by atoms with Gasteiger partial charge < -0.3 is 14.9 Å². The van der Waals surface area contributed by atoms with E-state index >= 15 is 0 Å². The Bertz CT molecular complexity index is 515. The van der Waals surface area contributed by atoms with Gasteiger partial charge in [0.2, 0.25) is 0 Å². The molecule has 0 bridgehead atoms. The summed E-state index contributed by atoms with van der Waals surface area (Å²) >= 11 is 0. The predicted molar refractivity (Wildman–Crippen MR) is 87.9 cm³/mol. The van der Waals surface area contributed by atoms with Crippen LogP contribution < -0.4 is 0 Å². The minimum absolute atomic E-state index is 0.0435. The summed E-state index contributed by atoms with van der Waals surface area (Å²) in [6.45, 7) is 4.47. The number of epoxide rings is 1. The highest BCUT2D eigenvalue weighted by Crippen LogP contribution is 2.74. The summed E-state index contributed by atoms with van der Waals surface area (Å²) < 4.78 is 6.50. The highest BCUT2D eigenvalue weighted by Gasteiger charge is 2.78. The van der Waals surface area contributed by atoms with Crippen LogP contribution in [0.3, 0.4) is 0 Å². The van der Waals surface area contributed by atoms with E-state index in [-0.39, 0.29) is 23.4 Å². The van der Waals surface area contributed by atoms with Crippen molar-refractivity contribution in [3.63, 3.8) is 0 Å². The second-order valence-electron chi connectivity index (χ2n) is 9.77. The molecule has 3 heteroatoms. The first-order chi connectivity index (χ1) is 10.9. The third-order valence-electron chi connectivity index (χ3n) is 9.09. The Kier molecular flexibility index (Phi) is 2.99. The van der Waals surface area contributed by atoms with Crippen molar-refractivity contribution in [2.24, 2.45) is 29.1 Å². The van der Waals surface area contributed by atoms with E-state index in [0.717, 1.165) is 43.4 Å². The van der Waals surface area contributed by atoms with Gasteiger partial charge in [-0.15, -0.1) is 0 Å². The Hall–Kier alpha value is -0.120. The van der Waals surface area contributed by atoms with Gasteiger partial charge in [0.1, 0.15) is 11.2 Å². The third kappa shape index (κ3) is 1.72. The van der Waals surface area contributed by atoms with Crippen molar-refractivity contribution in [2.75, 3.05) is 0 Å². The molecule has 5 rings (SSSR count). The highest BCUT2D eigenvalue weighted by atomic mass is 16.6. The van der Waals surface area contributed by atoms with Crippen LogP contribution in [-0.2, 0) is 4.74 Å². The molecule has 1 aliphatic heterocycles. The number of aliphatic hydroxyl groups is 2. The molecule has 3 nitrogen and oxygen atoms in total. The third-order valence-corrected chi connectivity index (χ3v) is 9.09. The minimum atomic E-state index is -0.163. The Balaban J connectivity index is 1.45. The summed E-state index contributed by atoms with van der Waals surface area (Å²) in [4.78, 5) is 0. The largest absolute Gasteiger partial charge is 0.393 e. The van der Waals surface area contributed by atoms with Gasteiger partial charge in [0, 0.05) is 6.42 Å². The van der Waals surface area contributed by atoms with E-state index in [2.05, 4.69) is 6.92 Å². The summed E-state index contributed by atoms with van der Waals surface area (Å²) in [5.41, 5.74) is 0.510. The SMILES string of the molecule is CC(O)[C@H]1CC[C@H]2[C@@H]3CC[C@@]45C[C@@H](O)CC[C@@]4(O5)[C@H]3CC[C@]12C. The van der Waals surface area contributed by atoms with E-state index in [1.54, 1.807) is 0 Å². The van der Waals surface area contributed by atoms with Crippen LogP contribution in [0.15, 0.2) is 0 Å². The molecule has 0 amide bonds. The molecule has 4 aliphatic carbocycles. The molecule has 0 aromatic carbocycles. The van der Waals surface area contributed by atoms with Crippen molar-refractivity contribution >= 4 is 0 Å². The lowest BCUT2D eigenvalue weighted by Crippen LogP contribution is -2.54. The number of hydrogen-bond donors (Lipinski definition) is 2. The summed E-state index contributed by atoms with van der Waals surface area (Å²) in [6.07, 6.45) is 10.1. The monoisotopic (exact) mass is 320 g/mol. The molecule has 0 radical (unpaired) electrons. The number of aliphatic hydroxyl groups excluding tert-OH is 2. The molecule has 0 aromatic heterocycles.